The number of carbonyl (C=O) groups excluding carboxylic acids is 2. The van der Waals surface area contributed by atoms with Gasteiger partial charge < -0.3 is 4.90 Å². The fourth-order valence-electron chi connectivity index (χ4n) is 2.07. The number of piperidine rings is 1. The second kappa shape index (κ2) is 5.72. The number of likely N-dealkylation sites (tertiary alicyclic amines) is 1. The maximum absolute atomic E-state index is 12.0. The van der Waals surface area contributed by atoms with Crippen molar-refractivity contribution in [1.29, 1.82) is 0 Å². The van der Waals surface area contributed by atoms with Crippen LogP contribution in [0.2, 0.25) is 0 Å². The van der Waals surface area contributed by atoms with E-state index in [-0.39, 0.29) is 37.6 Å². The maximum Gasteiger partial charge on any atom is 0.227 e. The Balaban J connectivity index is 2.49. The quantitative estimate of drug-likeness (QED) is 0.728. The summed E-state index contributed by atoms with van der Waals surface area (Å²) in [5, 5.41) is 0. The van der Waals surface area contributed by atoms with Gasteiger partial charge in [0.05, 0.1) is 6.16 Å². The van der Waals surface area contributed by atoms with Crippen molar-refractivity contribution in [2.24, 2.45) is 11.3 Å². The highest BCUT2D eigenvalue weighted by Gasteiger charge is 2.32. The zero-order valence-electron chi connectivity index (χ0n) is 10.7. The summed E-state index contributed by atoms with van der Waals surface area (Å²) < 4.78 is 10.4. The Morgan fingerprint density at radius 1 is 1.24 bits per heavy atom. The highest BCUT2D eigenvalue weighted by molar-refractivity contribution is 7.25. The van der Waals surface area contributed by atoms with E-state index in [0.717, 1.165) is 0 Å². The molecule has 1 heterocycles. The van der Waals surface area contributed by atoms with Crippen molar-refractivity contribution < 1.29 is 14.2 Å². The molecule has 0 aromatic carbocycles. The lowest BCUT2D eigenvalue weighted by molar-refractivity contribution is -0.142. The van der Waals surface area contributed by atoms with E-state index < -0.39 is 0 Å². The molecule has 0 bridgehead atoms. The van der Waals surface area contributed by atoms with E-state index in [0.29, 0.717) is 25.9 Å². The molecule has 0 unspecified atom stereocenters. The second-order valence-electron chi connectivity index (χ2n) is 5.57. The average Bonchev–Trinajstić information content (AvgIpc) is 2.27. The largest absolute Gasteiger partial charge is 0.342 e. The summed E-state index contributed by atoms with van der Waals surface area (Å²) in [4.78, 5) is 25.4. The van der Waals surface area contributed by atoms with E-state index in [2.05, 4.69) is 0 Å². The van der Waals surface area contributed by atoms with Gasteiger partial charge in [-0.05, 0) is 12.8 Å². The van der Waals surface area contributed by atoms with Crippen LogP contribution in [0.1, 0.15) is 33.6 Å². The number of nitrogens with zero attached hydrogens (tertiary/aromatic N) is 1. The smallest absolute Gasteiger partial charge is 0.227 e. The Morgan fingerprint density at radius 3 is 2.18 bits per heavy atom. The van der Waals surface area contributed by atoms with E-state index in [1.165, 1.54) is 0 Å². The van der Waals surface area contributed by atoms with Gasteiger partial charge in [0.1, 0.15) is 5.78 Å². The molecule has 1 saturated heterocycles. The van der Waals surface area contributed by atoms with Crippen molar-refractivity contribution in [3.05, 3.63) is 0 Å². The third kappa shape index (κ3) is 3.88. The summed E-state index contributed by atoms with van der Waals surface area (Å²) in [6.07, 6.45) is 1.52. The van der Waals surface area contributed by atoms with Crippen LogP contribution in [0.25, 0.3) is 0 Å². The fraction of sp³-hybridized carbons (Fsp3) is 0.833. The Labute approximate surface area is 104 Å². The van der Waals surface area contributed by atoms with Gasteiger partial charge in [0.15, 0.2) is 8.46 Å². The molecule has 0 N–H and O–H groups in total. The lowest BCUT2D eigenvalue weighted by atomic mass is 9.89. The molecule has 4 nitrogen and oxygen atoms in total. The van der Waals surface area contributed by atoms with Crippen molar-refractivity contribution in [1.82, 2.24) is 4.90 Å². The van der Waals surface area contributed by atoms with Gasteiger partial charge in [-0.1, -0.05) is 20.8 Å². The van der Waals surface area contributed by atoms with Crippen molar-refractivity contribution >= 4 is 20.2 Å². The average molecular weight is 257 g/mol. The monoisotopic (exact) mass is 257 g/mol. The zero-order valence-corrected chi connectivity index (χ0v) is 11.6. The summed E-state index contributed by atoms with van der Waals surface area (Å²) in [5.41, 5.74) is -0.357. The summed E-state index contributed by atoms with van der Waals surface area (Å²) in [6, 6.07) is 0. The number of rotatable bonds is 3. The van der Waals surface area contributed by atoms with Crippen LogP contribution in [0.5, 0.6) is 0 Å². The van der Waals surface area contributed by atoms with Gasteiger partial charge in [0.25, 0.3) is 0 Å². The van der Waals surface area contributed by atoms with E-state index in [1.54, 1.807) is 0 Å². The van der Waals surface area contributed by atoms with Gasteiger partial charge in [-0.2, -0.15) is 0 Å². The molecular formula is C12H20NO3P. The fourth-order valence-corrected chi connectivity index (χ4v) is 2.46. The molecule has 17 heavy (non-hydrogen) atoms. The third-order valence-electron chi connectivity index (χ3n) is 3.10. The molecule has 1 rings (SSSR count). The number of hydrogen-bond acceptors (Lipinski definition) is 3. The predicted molar refractivity (Wildman–Crippen MR) is 66.2 cm³/mol. The molecule has 0 atom stereocenters. The van der Waals surface area contributed by atoms with E-state index in [9.17, 15) is 14.2 Å². The van der Waals surface area contributed by atoms with Crippen LogP contribution >= 0.6 is 8.46 Å². The topological polar surface area (TPSA) is 54.5 Å². The van der Waals surface area contributed by atoms with Crippen LogP contribution in [0.4, 0.5) is 0 Å². The van der Waals surface area contributed by atoms with Gasteiger partial charge in [-0.15, -0.1) is 0 Å². The molecule has 0 aromatic heterocycles. The lowest BCUT2D eigenvalue weighted by Crippen LogP contribution is -2.45. The molecule has 1 aliphatic rings. The predicted octanol–water partition coefficient (Wildman–Crippen LogP) is 2.13. The van der Waals surface area contributed by atoms with Crippen LogP contribution in [-0.4, -0.2) is 35.8 Å². The Kier molecular flexibility index (Phi) is 4.81. The van der Waals surface area contributed by atoms with Crippen molar-refractivity contribution in [2.45, 2.75) is 33.6 Å². The van der Waals surface area contributed by atoms with Gasteiger partial charge in [-0.3, -0.25) is 14.2 Å². The first-order valence-corrected chi connectivity index (χ1v) is 6.97. The molecule has 1 amide bonds. The molecule has 0 aliphatic carbocycles. The van der Waals surface area contributed by atoms with E-state index >= 15 is 0 Å². The first-order chi connectivity index (χ1) is 7.86. The molecule has 5 heteroatoms. The molecule has 96 valence electrons. The highest BCUT2D eigenvalue weighted by atomic mass is 31.1. The Hall–Kier alpha value is -0.760. The third-order valence-corrected chi connectivity index (χ3v) is 3.54. The minimum absolute atomic E-state index is 0.0135. The normalized spacial score (nSPS) is 18.4. The van der Waals surface area contributed by atoms with Crippen molar-refractivity contribution in [2.75, 3.05) is 19.3 Å². The standard InChI is InChI=1S/C12H20NO3P/c1-12(2,3)11(15)13-6-4-9(5-7-13)10(14)8-17-16/h9H,4-8H2,1-3H3. The second-order valence-corrected chi connectivity index (χ2v) is 6.14. The van der Waals surface area contributed by atoms with E-state index in [1.807, 2.05) is 25.7 Å². The molecule has 0 radical (unpaired) electrons. The van der Waals surface area contributed by atoms with Crippen LogP contribution in [0, 0.1) is 11.3 Å². The first-order valence-electron chi connectivity index (χ1n) is 5.97. The van der Waals surface area contributed by atoms with E-state index in [4.69, 9.17) is 0 Å². The number of hydrogen-bond donors (Lipinski definition) is 0. The number of amides is 1. The van der Waals surface area contributed by atoms with Gasteiger partial charge in [-0.25, -0.2) is 0 Å². The lowest BCUT2D eigenvalue weighted by Gasteiger charge is -2.35. The van der Waals surface area contributed by atoms with Crippen molar-refractivity contribution in [3.63, 3.8) is 0 Å². The summed E-state index contributed by atoms with van der Waals surface area (Å²) in [6.45, 7) is 7.00. The summed E-state index contributed by atoms with van der Waals surface area (Å²) >= 11 is 0. The van der Waals surface area contributed by atoms with Crippen LogP contribution in [0.3, 0.4) is 0 Å². The zero-order chi connectivity index (χ0) is 13.1. The van der Waals surface area contributed by atoms with Gasteiger partial charge in [0, 0.05) is 24.4 Å². The number of ketones is 1. The van der Waals surface area contributed by atoms with Crippen LogP contribution < -0.4 is 0 Å². The number of carbonyl (C=O) groups is 2. The molecule has 0 aromatic rings. The SMILES string of the molecule is CC(C)(C)C(=O)N1CCC(C(=O)CP=O)CC1. The summed E-state index contributed by atoms with van der Waals surface area (Å²) in [5.74, 6) is 0.190. The molecule has 1 fully saturated rings. The van der Waals surface area contributed by atoms with Crippen LogP contribution in [0.15, 0.2) is 0 Å². The van der Waals surface area contributed by atoms with Gasteiger partial charge >= 0.3 is 0 Å². The molecular weight excluding hydrogens is 237 g/mol. The number of Topliss-reactive ketones (excluding diaryl/α,β-unsaturated/α-hetero) is 1. The minimum atomic E-state index is -0.357. The van der Waals surface area contributed by atoms with Gasteiger partial charge in [0.2, 0.25) is 5.91 Å². The molecule has 0 spiro atoms. The van der Waals surface area contributed by atoms with Crippen molar-refractivity contribution in [3.8, 4) is 0 Å². The van der Waals surface area contributed by atoms with Crippen LogP contribution in [-0.2, 0) is 14.2 Å². The minimum Gasteiger partial charge on any atom is -0.342 e. The molecule has 1 aliphatic heterocycles. The molecule has 0 saturated carbocycles. The highest BCUT2D eigenvalue weighted by Crippen LogP contribution is 2.24. The summed E-state index contributed by atoms with van der Waals surface area (Å²) in [7, 11) is -0.101. The Bertz CT molecular complexity index is 314. The maximum atomic E-state index is 12.0. The first kappa shape index (κ1) is 14.3. The Morgan fingerprint density at radius 2 is 1.76 bits per heavy atom.